The van der Waals surface area contributed by atoms with Crippen molar-refractivity contribution in [2.75, 3.05) is 27.3 Å². The molecule has 2 fully saturated rings. The van der Waals surface area contributed by atoms with Gasteiger partial charge in [-0.1, -0.05) is 45.9 Å². The molecule has 294 valence electrons. The van der Waals surface area contributed by atoms with Crippen LogP contribution in [0, 0.1) is 23.7 Å². The average Bonchev–Trinajstić information content (AvgIpc) is 4.02. The van der Waals surface area contributed by atoms with E-state index < -0.39 is 24.3 Å². The van der Waals surface area contributed by atoms with Crippen LogP contribution in [0.2, 0.25) is 0 Å². The van der Waals surface area contributed by atoms with Crippen molar-refractivity contribution in [3.05, 3.63) is 47.2 Å². The minimum Gasteiger partial charge on any atom is -0.453 e. The molecule has 0 radical (unpaired) electrons. The van der Waals surface area contributed by atoms with E-state index in [-0.39, 0.29) is 35.7 Å². The first-order valence-corrected chi connectivity index (χ1v) is 20.0. The number of nitrogens with one attached hydrogen (secondary N) is 3. The molecule has 0 aromatic carbocycles. The normalized spacial score (nSPS) is 25.5. The maximum atomic E-state index is 13.6. The summed E-state index contributed by atoms with van der Waals surface area (Å²) in [6.45, 7) is 9.02. The molecule has 13 nitrogen and oxygen atoms in total. The molecule has 0 saturated carbocycles. The zero-order valence-corrected chi connectivity index (χ0v) is 32.9. The standard InChI is InChI=1S/C41H59N7O6/c1-24(2)35(45-40(51)53-5)38(49)47-21-7-9-33(47)31-20-19-30(43-31)28-15-11-26(12-16-28)27-13-17-29(18-14-27)32-23-42-37(44-32)34-10-8-22-48(34)39(50)36(25(3)4)46-41(52)54-6/h15,17,19,23-27,33-36H,7-14,16,18,20-22H2,1-6H3,(H,42,44)(H,45,51)(H,46,52)/t26?,27?,33-,34-,35-,36-/m0/s1. The zero-order valence-electron chi connectivity index (χ0n) is 32.9. The predicted octanol–water partition coefficient (Wildman–Crippen LogP) is 6.46. The summed E-state index contributed by atoms with van der Waals surface area (Å²) in [4.78, 5) is 68.2. The van der Waals surface area contributed by atoms with Crippen LogP contribution in [0.1, 0.15) is 116 Å². The molecule has 3 N–H and O–H groups in total. The molecule has 0 bridgehead atoms. The van der Waals surface area contributed by atoms with Gasteiger partial charge in [-0.05, 0) is 99.0 Å². The van der Waals surface area contributed by atoms with Crippen molar-refractivity contribution in [2.45, 2.75) is 122 Å². The average molecular weight is 746 g/mol. The quantitative estimate of drug-likeness (QED) is 0.235. The maximum Gasteiger partial charge on any atom is 0.407 e. The minimum absolute atomic E-state index is 0.0368. The van der Waals surface area contributed by atoms with Crippen LogP contribution in [0.15, 0.2) is 40.7 Å². The first-order valence-electron chi connectivity index (χ1n) is 20.0. The number of likely N-dealkylation sites (tertiary alicyclic amines) is 2. The highest BCUT2D eigenvalue weighted by molar-refractivity contribution is 5.98. The van der Waals surface area contributed by atoms with Crippen molar-refractivity contribution in [1.29, 1.82) is 0 Å². The van der Waals surface area contributed by atoms with Crippen LogP contribution >= 0.6 is 0 Å². The fourth-order valence-corrected chi connectivity index (χ4v) is 9.02. The number of aliphatic imine (C=N–C) groups is 1. The number of aromatic amines is 1. The van der Waals surface area contributed by atoms with E-state index in [2.05, 4.69) is 33.8 Å². The molecule has 2 aliphatic carbocycles. The van der Waals surface area contributed by atoms with E-state index in [4.69, 9.17) is 19.5 Å². The number of H-pyrrole nitrogens is 1. The number of carbonyl (C=O) groups is 4. The van der Waals surface area contributed by atoms with Crippen LogP contribution in [0.5, 0.6) is 0 Å². The molecule has 6 rings (SSSR count). The Morgan fingerprint density at radius 2 is 1.30 bits per heavy atom. The fraction of sp³-hybridized carbons (Fsp3) is 0.659. The van der Waals surface area contributed by atoms with Gasteiger partial charge in [-0.15, -0.1) is 0 Å². The molecule has 54 heavy (non-hydrogen) atoms. The van der Waals surface area contributed by atoms with Crippen molar-refractivity contribution in [2.24, 2.45) is 28.7 Å². The van der Waals surface area contributed by atoms with Crippen LogP contribution in [-0.4, -0.2) is 94.9 Å². The summed E-state index contributed by atoms with van der Waals surface area (Å²) < 4.78 is 9.55. The topological polar surface area (TPSA) is 158 Å². The molecule has 4 amide bonds. The second-order valence-corrected chi connectivity index (χ2v) is 16.2. The fourth-order valence-electron chi connectivity index (χ4n) is 9.02. The van der Waals surface area contributed by atoms with Crippen LogP contribution in [-0.2, 0) is 19.1 Å². The number of hydrogen-bond donors (Lipinski definition) is 3. The van der Waals surface area contributed by atoms with Gasteiger partial charge in [0, 0.05) is 25.2 Å². The lowest BCUT2D eigenvalue weighted by molar-refractivity contribution is -0.135. The Hall–Kier alpha value is -4.42. The number of allylic oxidation sites excluding steroid dienone is 5. The number of aromatic nitrogens is 2. The van der Waals surface area contributed by atoms with Crippen LogP contribution in [0.25, 0.3) is 5.57 Å². The van der Waals surface area contributed by atoms with Gasteiger partial charge in [-0.25, -0.2) is 14.6 Å². The number of ether oxygens (including phenoxy) is 2. The summed E-state index contributed by atoms with van der Waals surface area (Å²) in [6, 6.07) is -1.46. The van der Waals surface area contributed by atoms with Gasteiger partial charge in [-0.2, -0.15) is 0 Å². The third-order valence-corrected chi connectivity index (χ3v) is 12.2. The lowest BCUT2D eigenvalue weighted by atomic mass is 9.74. The van der Waals surface area contributed by atoms with Gasteiger partial charge in [-0.3, -0.25) is 14.6 Å². The molecule has 2 saturated heterocycles. The summed E-state index contributed by atoms with van der Waals surface area (Å²) in [7, 11) is 2.62. The Bertz CT molecular complexity index is 1690. The van der Waals surface area contributed by atoms with E-state index in [1.807, 2.05) is 43.7 Å². The molecular weight excluding hydrogens is 686 g/mol. The SMILES string of the molecule is COC(=O)N[C@H](C(=O)N1CCC[C@H]1C1=NC(C2=CCC(C3CC=C(c4cnc([C@@H]5CCCN5C(=O)[C@@H](NC(=O)OC)C(C)C)[nH]4)CC3)CC2)=CC1)C(C)C. The molecule has 1 aromatic heterocycles. The third-order valence-electron chi connectivity index (χ3n) is 12.2. The summed E-state index contributed by atoms with van der Waals surface area (Å²) in [5.41, 5.74) is 5.76. The Morgan fingerprint density at radius 1 is 0.759 bits per heavy atom. The lowest BCUT2D eigenvalue weighted by Gasteiger charge is -2.32. The highest BCUT2D eigenvalue weighted by Gasteiger charge is 2.40. The number of amides is 4. The van der Waals surface area contributed by atoms with Crippen molar-refractivity contribution in [1.82, 2.24) is 30.4 Å². The molecule has 5 aliphatic rings. The van der Waals surface area contributed by atoms with E-state index in [0.717, 1.165) is 93.6 Å². The van der Waals surface area contributed by atoms with E-state index in [1.165, 1.54) is 25.4 Å². The van der Waals surface area contributed by atoms with Crippen LogP contribution in [0.4, 0.5) is 9.59 Å². The van der Waals surface area contributed by atoms with Crippen LogP contribution in [0.3, 0.4) is 0 Å². The summed E-state index contributed by atoms with van der Waals surface area (Å²) >= 11 is 0. The van der Waals surface area contributed by atoms with E-state index >= 15 is 0 Å². The number of alkyl carbamates (subject to hydrolysis) is 2. The maximum absolute atomic E-state index is 13.6. The molecule has 1 aromatic rings. The molecular formula is C41H59N7O6. The van der Waals surface area contributed by atoms with Gasteiger partial charge in [0.05, 0.1) is 43.9 Å². The van der Waals surface area contributed by atoms with Gasteiger partial charge in [0.15, 0.2) is 0 Å². The number of imidazole rings is 1. The summed E-state index contributed by atoms with van der Waals surface area (Å²) in [5, 5.41) is 5.46. The number of methoxy groups -OCH3 is 2. The summed E-state index contributed by atoms with van der Waals surface area (Å²) in [6.07, 6.45) is 18.4. The van der Waals surface area contributed by atoms with Gasteiger partial charge in [0.2, 0.25) is 11.8 Å². The Balaban J connectivity index is 1.03. The van der Waals surface area contributed by atoms with Gasteiger partial charge < -0.3 is 34.9 Å². The molecule has 0 spiro atoms. The second-order valence-electron chi connectivity index (χ2n) is 16.2. The predicted molar refractivity (Wildman–Crippen MR) is 206 cm³/mol. The van der Waals surface area contributed by atoms with E-state index in [1.54, 1.807) is 0 Å². The summed E-state index contributed by atoms with van der Waals surface area (Å²) in [5.74, 6) is 1.77. The van der Waals surface area contributed by atoms with Crippen molar-refractivity contribution in [3.63, 3.8) is 0 Å². The highest BCUT2D eigenvalue weighted by Crippen LogP contribution is 2.42. The Kier molecular flexibility index (Phi) is 12.6. The second kappa shape index (κ2) is 17.4. The van der Waals surface area contributed by atoms with E-state index in [0.29, 0.717) is 24.9 Å². The molecule has 2 unspecified atom stereocenters. The third kappa shape index (κ3) is 8.60. The molecule has 13 heteroatoms. The van der Waals surface area contributed by atoms with Crippen LogP contribution < -0.4 is 10.6 Å². The van der Waals surface area contributed by atoms with Gasteiger partial charge in [0.25, 0.3) is 0 Å². The molecule has 4 heterocycles. The first kappa shape index (κ1) is 39.3. The Morgan fingerprint density at radius 3 is 1.81 bits per heavy atom. The first-order chi connectivity index (χ1) is 26.0. The van der Waals surface area contributed by atoms with E-state index in [9.17, 15) is 19.2 Å². The minimum atomic E-state index is -0.654. The molecule has 6 atom stereocenters. The molecule has 3 aliphatic heterocycles. The number of rotatable bonds is 11. The number of carbonyl (C=O) groups excluding carboxylic acids is 4. The largest absolute Gasteiger partial charge is 0.453 e. The van der Waals surface area contributed by atoms with Crippen molar-refractivity contribution < 1.29 is 28.7 Å². The Labute approximate surface area is 319 Å². The van der Waals surface area contributed by atoms with Crippen molar-refractivity contribution in [3.8, 4) is 0 Å². The number of hydrogen-bond acceptors (Lipinski definition) is 8. The van der Waals surface area contributed by atoms with Gasteiger partial charge >= 0.3 is 12.2 Å². The van der Waals surface area contributed by atoms with Crippen molar-refractivity contribution >= 4 is 35.3 Å². The lowest BCUT2D eigenvalue weighted by Crippen LogP contribution is -2.53. The highest BCUT2D eigenvalue weighted by atomic mass is 16.5. The van der Waals surface area contributed by atoms with Gasteiger partial charge in [0.1, 0.15) is 17.9 Å². The monoisotopic (exact) mass is 745 g/mol. The smallest absolute Gasteiger partial charge is 0.407 e. The number of nitrogens with zero attached hydrogens (tertiary/aromatic N) is 4. The zero-order chi connectivity index (χ0) is 38.5.